The molecule has 0 fully saturated rings. The first kappa shape index (κ1) is 14.7. The van der Waals surface area contributed by atoms with Gasteiger partial charge < -0.3 is 4.74 Å². The molecule has 0 aliphatic rings. The first-order valence-corrected chi connectivity index (χ1v) is 6.89. The van der Waals surface area contributed by atoms with Gasteiger partial charge in [-0.3, -0.25) is 4.79 Å². The van der Waals surface area contributed by atoms with Gasteiger partial charge in [-0.25, -0.2) is 0 Å². The molecule has 100 valence electrons. The van der Waals surface area contributed by atoms with E-state index in [1.807, 2.05) is 6.92 Å². The van der Waals surface area contributed by atoms with Crippen molar-refractivity contribution in [2.24, 2.45) is 0 Å². The highest BCUT2D eigenvalue weighted by Crippen LogP contribution is 2.20. The maximum Gasteiger partial charge on any atom is 0.310 e. The van der Waals surface area contributed by atoms with Crippen LogP contribution in [-0.4, -0.2) is 12.6 Å². The lowest BCUT2D eigenvalue weighted by molar-refractivity contribution is -0.142. The molecule has 1 aromatic rings. The topological polar surface area (TPSA) is 26.3 Å². The van der Waals surface area contributed by atoms with Gasteiger partial charge in [-0.05, 0) is 42.9 Å². The molecule has 2 nitrogen and oxygen atoms in total. The van der Waals surface area contributed by atoms with Crippen LogP contribution in [0.5, 0.6) is 0 Å². The fourth-order valence-electron chi connectivity index (χ4n) is 2.24. The van der Waals surface area contributed by atoms with E-state index in [9.17, 15) is 4.79 Å². The monoisotopic (exact) mass is 248 g/mol. The maximum absolute atomic E-state index is 11.8. The lowest BCUT2D eigenvalue weighted by Gasteiger charge is -2.14. The van der Waals surface area contributed by atoms with Gasteiger partial charge in [-0.15, -0.1) is 0 Å². The van der Waals surface area contributed by atoms with Gasteiger partial charge in [-0.2, -0.15) is 0 Å². The number of ether oxygens (including phenoxy) is 1. The minimum absolute atomic E-state index is 0.106. The van der Waals surface area contributed by atoms with Crippen molar-refractivity contribution in [2.75, 3.05) is 6.61 Å². The van der Waals surface area contributed by atoms with E-state index in [2.05, 4.69) is 32.9 Å². The van der Waals surface area contributed by atoms with Crippen LogP contribution in [0.3, 0.4) is 0 Å². The van der Waals surface area contributed by atoms with Crippen LogP contribution in [-0.2, 0) is 28.8 Å². The number of benzene rings is 1. The van der Waals surface area contributed by atoms with Gasteiger partial charge in [0.2, 0.25) is 0 Å². The summed E-state index contributed by atoms with van der Waals surface area (Å²) in [7, 11) is 0. The highest BCUT2D eigenvalue weighted by molar-refractivity contribution is 5.73. The van der Waals surface area contributed by atoms with Crippen LogP contribution in [0.25, 0.3) is 0 Å². The molecular weight excluding hydrogens is 224 g/mol. The zero-order valence-corrected chi connectivity index (χ0v) is 12.0. The number of carbonyl (C=O) groups is 1. The highest BCUT2D eigenvalue weighted by Gasteiger charge is 2.12. The molecule has 0 saturated carbocycles. The minimum Gasteiger partial charge on any atom is -0.465 e. The van der Waals surface area contributed by atoms with E-state index in [0.29, 0.717) is 13.0 Å². The SMILES string of the molecule is CCCOC(=O)Cc1c(CC)cc(C)cc1CC. The van der Waals surface area contributed by atoms with Crippen molar-refractivity contribution in [3.8, 4) is 0 Å². The van der Waals surface area contributed by atoms with Crippen molar-refractivity contribution >= 4 is 5.97 Å². The summed E-state index contributed by atoms with van der Waals surface area (Å²) in [6.45, 7) is 8.91. The summed E-state index contributed by atoms with van der Waals surface area (Å²) in [6, 6.07) is 4.36. The largest absolute Gasteiger partial charge is 0.465 e. The van der Waals surface area contributed by atoms with E-state index in [1.54, 1.807) is 0 Å². The maximum atomic E-state index is 11.8. The number of hydrogen-bond donors (Lipinski definition) is 0. The quantitative estimate of drug-likeness (QED) is 0.719. The van der Waals surface area contributed by atoms with Crippen molar-refractivity contribution in [1.29, 1.82) is 0 Å². The second-order valence-corrected chi connectivity index (χ2v) is 4.67. The molecule has 0 bridgehead atoms. The van der Waals surface area contributed by atoms with Crippen LogP contribution in [0.2, 0.25) is 0 Å². The third-order valence-corrected chi connectivity index (χ3v) is 3.13. The molecule has 2 heteroatoms. The molecule has 0 N–H and O–H groups in total. The van der Waals surface area contributed by atoms with Gasteiger partial charge in [0.25, 0.3) is 0 Å². The Kier molecular flexibility index (Phi) is 5.90. The smallest absolute Gasteiger partial charge is 0.310 e. The lowest BCUT2D eigenvalue weighted by Crippen LogP contribution is -2.12. The van der Waals surface area contributed by atoms with E-state index in [1.165, 1.54) is 22.3 Å². The molecule has 0 spiro atoms. The van der Waals surface area contributed by atoms with E-state index in [0.717, 1.165) is 19.3 Å². The summed E-state index contributed by atoms with van der Waals surface area (Å²) >= 11 is 0. The number of carbonyl (C=O) groups excluding carboxylic acids is 1. The minimum atomic E-state index is -0.106. The summed E-state index contributed by atoms with van der Waals surface area (Å²) in [4.78, 5) is 11.8. The normalized spacial score (nSPS) is 10.4. The predicted molar refractivity (Wildman–Crippen MR) is 74.9 cm³/mol. The fraction of sp³-hybridized carbons (Fsp3) is 0.562. The molecule has 0 saturated heterocycles. The number of esters is 1. The van der Waals surface area contributed by atoms with Crippen LogP contribution in [0, 0.1) is 6.92 Å². The summed E-state index contributed by atoms with van der Waals surface area (Å²) in [5, 5.41) is 0. The molecular formula is C16H24O2. The molecule has 1 rings (SSSR count). The lowest BCUT2D eigenvalue weighted by atomic mass is 9.93. The Labute approximate surface area is 110 Å². The molecule has 0 aromatic heterocycles. The van der Waals surface area contributed by atoms with Crippen LogP contribution in [0.1, 0.15) is 49.4 Å². The van der Waals surface area contributed by atoms with Crippen LogP contribution in [0.4, 0.5) is 0 Å². The zero-order chi connectivity index (χ0) is 13.5. The van der Waals surface area contributed by atoms with Crippen molar-refractivity contribution in [3.05, 3.63) is 34.4 Å². The third-order valence-electron chi connectivity index (χ3n) is 3.13. The predicted octanol–water partition coefficient (Wildman–Crippen LogP) is 3.62. The average Bonchev–Trinajstić information content (AvgIpc) is 2.37. The molecule has 1 aromatic carbocycles. The number of aryl methyl sites for hydroxylation is 3. The third kappa shape index (κ3) is 3.86. The fourth-order valence-corrected chi connectivity index (χ4v) is 2.24. The Morgan fingerprint density at radius 3 is 2.11 bits per heavy atom. The first-order valence-electron chi connectivity index (χ1n) is 6.89. The van der Waals surface area contributed by atoms with Crippen LogP contribution < -0.4 is 0 Å². The first-order chi connectivity index (χ1) is 8.62. The summed E-state index contributed by atoms with van der Waals surface area (Å²) in [5.41, 5.74) is 5.00. The van der Waals surface area contributed by atoms with Crippen molar-refractivity contribution in [1.82, 2.24) is 0 Å². The van der Waals surface area contributed by atoms with E-state index in [-0.39, 0.29) is 5.97 Å². The molecule has 0 atom stereocenters. The van der Waals surface area contributed by atoms with Crippen molar-refractivity contribution in [3.63, 3.8) is 0 Å². The molecule has 0 unspecified atom stereocenters. The van der Waals surface area contributed by atoms with E-state index < -0.39 is 0 Å². The summed E-state index contributed by atoms with van der Waals surface area (Å²) in [5.74, 6) is -0.106. The van der Waals surface area contributed by atoms with Gasteiger partial charge in [0.1, 0.15) is 0 Å². The standard InChI is InChI=1S/C16H24O2/c1-5-8-18-16(17)11-15-13(6-2)9-12(4)10-14(15)7-3/h9-10H,5-8,11H2,1-4H3. The molecule has 0 radical (unpaired) electrons. The van der Waals surface area contributed by atoms with E-state index in [4.69, 9.17) is 4.74 Å². The Morgan fingerprint density at radius 1 is 1.11 bits per heavy atom. The zero-order valence-electron chi connectivity index (χ0n) is 12.0. The Morgan fingerprint density at radius 2 is 1.67 bits per heavy atom. The van der Waals surface area contributed by atoms with Crippen LogP contribution in [0.15, 0.2) is 12.1 Å². The van der Waals surface area contributed by atoms with Gasteiger partial charge in [0, 0.05) is 0 Å². The summed E-state index contributed by atoms with van der Waals surface area (Å²) < 4.78 is 5.19. The Bertz CT molecular complexity index is 383. The van der Waals surface area contributed by atoms with Gasteiger partial charge in [0.15, 0.2) is 0 Å². The van der Waals surface area contributed by atoms with Gasteiger partial charge in [-0.1, -0.05) is 38.5 Å². The number of hydrogen-bond acceptors (Lipinski definition) is 2. The molecule has 0 heterocycles. The average molecular weight is 248 g/mol. The molecule has 18 heavy (non-hydrogen) atoms. The van der Waals surface area contributed by atoms with Crippen molar-refractivity contribution < 1.29 is 9.53 Å². The van der Waals surface area contributed by atoms with Gasteiger partial charge >= 0.3 is 5.97 Å². The molecule has 0 aliphatic heterocycles. The molecule has 0 amide bonds. The van der Waals surface area contributed by atoms with Crippen LogP contribution >= 0.6 is 0 Å². The highest BCUT2D eigenvalue weighted by atomic mass is 16.5. The van der Waals surface area contributed by atoms with E-state index >= 15 is 0 Å². The second kappa shape index (κ2) is 7.20. The Balaban J connectivity index is 2.95. The summed E-state index contributed by atoms with van der Waals surface area (Å²) in [6.07, 6.45) is 3.21. The second-order valence-electron chi connectivity index (χ2n) is 4.67. The Hall–Kier alpha value is -1.31. The number of rotatable bonds is 6. The molecule has 0 aliphatic carbocycles. The van der Waals surface area contributed by atoms with Gasteiger partial charge in [0.05, 0.1) is 13.0 Å². The van der Waals surface area contributed by atoms with Crippen molar-refractivity contribution in [2.45, 2.75) is 53.4 Å².